The fraction of sp³-hybridized carbons (Fsp3) is 0.455. The lowest BCUT2D eigenvalue weighted by Gasteiger charge is -2.44. The van der Waals surface area contributed by atoms with Crippen molar-refractivity contribution in [1.29, 1.82) is 0 Å². The molecule has 1 aliphatic rings. The van der Waals surface area contributed by atoms with E-state index in [1.54, 1.807) is 19.1 Å². The Morgan fingerprint density at radius 3 is 2.31 bits per heavy atom. The van der Waals surface area contributed by atoms with Crippen molar-refractivity contribution in [1.82, 2.24) is 0 Å². The molecule has 0 amide bonds. The van der Waals surface area contributed by atoms with Crippen LogP contribution >= 0.6 is 11.6 Å². The summed E-state index contributed by atoms with van der Waals surface area (Å²) in [5.41, 5.74) is 1.52. The highest BCUT2D eigenvalue weighted by atomic mass is 35.5. The Balaban J connectivity index is 1.68. The van der Waals surface area contributed by atoms with E-state index in [1.165, 1.54) is 6.07 Å². The topological polar surface area (TPSA) is 32.3 Å². The Morgan fingerprint density at radius 1 is 1.12 bits per heavy atom. The second-order valence-corrected chi connectivity index (χ2v) is 8.56. The molecule has 0 unspecified atom stereocenters. The molecule has 0 heterocycles. The average molecular weight is 376 g/mol. The zero-order chi connectivity index (χ0) is 18.9. The lowest BCUT2D eigenvalue weighted by molar-refractivity contribution is -0.0211. The Kier molecular flexibility index (Phi) is 5.32. The van der Waals surface area contributed by atoms with E-state index in [-0.39, 0.29) is 11.4 Å². The summed E-state index contributed by atoms with van der Waals surface area (Å²) in [7, 11) is 0. The second-order valence-electron chi connectivity index (χ2n) is 8.12. The molecule has 2 N–H and O–H groups in total. The molecule has 0 atom stereocenters. The third kappa shape index (κ3) is 4.05. The molecule has 3 rings (SSSR count). The monoisotopic (exact) mass is 375 g/mol. The maximum atomic E-state index is 13.5. The van der Waals surface area contributed by atoms with Crippen LogP contribution in [0.4, 0.5) is 10.1 Å². The minimum atomic E-state index is -0.856. The van der Waals surface area contributed by atoms with Crippen LogP contribution in [-0.2, 0) is 5.60 Å². The van der Waals surface area contributed by atoms with Gasteiger partial charge in [0.2, 0.25) is 0 Å². The highest BCUT2D eigenvalue weighted by molar-refractivity contribution is 6.30. The summed E-state index contributed by atoms with van der Waals surface area (Å²) in [6.07, 6.45) is 3.21. The number of halogens is 2. The number of nitrogens with one attached hydrogen (secondary N) is 1. The summed E-state index contributed by atoms with van der Waals surface area (Å²) in [6.45, 7) is 6.16. The Bertz CT molecular complexity index is 764. The van der Waals surface area contributed by atoms with Gasteiger partial charge in [-0.2, -0.15) is 0 Å². The van der Waals surface area contributed by atoms with Crippen molar-refractivity contribution in [3.05, 3.63) is 64.4 Å². The van der Waals surface area contributed by atoms with E-state index in [0.717, 1.165) is 29.1 Å². The molecular weight excluding hydrogens is 349 g/mol. The highest BCUT2D eigenvalue weighted by Gasteiger charge is 2.40. The molecule has 0 radical (unpaired) electrons. The van der Waals surface area contributed by atoms with Crippen LogP contribution < -0.4 is 5.32 Å². The maximum Gasteiger partial charge on any atom is 0.126 e. The van der Waals surface area contributed by atoms with Gasteiger partial charge in [-0.3, -0.25) is 0 Å². The first-order valence-electron chi connectivity index (χ1n) is 9.22. The number of anilines is 1. The summed E-state index contributed by atoms with van der Waals surface area (Å²) in [5, 5.41) is 15.4. The first-order valence-corrected chi connectivity index (χ1v) is 9.60. The summed E-state index contributed by atoms with van der Waals surface area (Å²) >= 11 is 5.96. The van der Waals surface area contributed by atoms with Gasteiger partial charge in [-0.15, -0.1) is 0 Å². The van der Waals surface area contributed by atoms with Gasteiger partial charge in [-0.1, -0.05) is 23.7 Å². The van der Waals surface area contributed by atoms with E-state index in [2.05, 4.69) is 19.2 Å². The van der Waals surface area contributed by atoms with E-state index >= 15 is 0 Å². The lowest BCUT2D eigenvalue weighted by Crippen LogP contribution is -2.44. The smallest absolute Gasteiger partial charge is 0.126 e. The quantitative estimate of drug-likeness (QED) is 0.681. The first-order chi connectivity index (χ1) is 12.2. The van der Waals surface area contributed by atoms with Crippen molar-refractivity contribution in [2.45, 2.75) is 57.6 Å². The van der Waals surface area contributed by atoms with Gasteiger partial charge in [0.1, 0.15) is 5.82 Å². The summed E-state index contributed by atoms with van der Waals surface area (Å²) in [4.78, 5) is 0. The van der Waals surface area contributed by atoms with Gasteiger partial charge in [0.25, 0.3) is 0 Å². The van der Waals surface area contributed by atoms with Crippen molar-refractivity contribution >= 4 is 17.3 Å². The van der Waals surface area contributed by atoms with Crippen molar-refractivity contribution in [3.8, 4) is 0 Å². The van der Waals surface area contributed by atoms with Gasteiger partial charge in [0.15, 0.2) is 0 Å². The minimum Gasteiger partial charge on any atom is -0.385 e. The molecule has 2 aromatic rings. The fourth-order valence-electron chi connectivity index (χ4n) is 4.05. The molecule has 0 aliphatic heterocycles. The van der Waals surface area contributed by atoms with Crippen molar-refractivity contribution in [3.63, 3.8) is 0 Å². The van der Waals surface area contributed by atoms with Gasteiger partial charge in [0.05, 0.1) is 5.60 Å². The van der Waals surface area contributed by atoms with Crippen LogP contribution in [0.25, 0.3) is 0 Å². The Hall–Kier alpha value is -1.58. The lowest BCUT2D eigenvalue weighted by atomic mass is 9.69. The van der Waals surface area contributed by atoms with E-state index in [4.69, 9.17) is 11.6 Å². The van der Waals surface area contributed by atoms with Crippen LogP contribution in [0.1, 0.15) is 50.7 Å². The number of aryl methyl sites for hydroxylation is 1. The molecule has 26 heavy (non-hydrogen) atoms. The summed E-state index contributed by atoms with van der Waals surface area (Å²) < 4.78 is 13.5. The molecule has 0 aromatic heterocycles. The van der Waals surface area contributed by atoms with Crippen LogP contribution in [0, 0.1) is 18.7 Å². The molecule has 4 heteroatoms. The molecule has 1 fully saturated rings. The Labute approximate surface area is 160 Å². The van der Waals surface area contributed by atoms with Crippen molar-refractivity contribution in [2.75, 3.05) is 5.32 Å². The van der Waals surface area contributed by atoms with E-state index in [0.29, 0.717) is 24.3 Å². The third-order valence-electron chi connectivity index (χ3n) is 5.84. The predicted molar refractivity (Wildman–Crippen MR) is 106 cm³/mol. The van der Waals surface area contributed by atoms with Gasteiger partial charge in [-0.25, -0.2) is 4.39 Å². The largest absolute Gasteiger partial charge is 0.385 e. The number of hydrogen-bond acceptors (Lipinski definition) is 2. The normalized spacial score (nSPS) is 23.7. The van der Waals surface area contributed by atoms with Gasteiger partial charge >= 0.3 is 0 Å². The van der Waals surface area contributed by atoms with Crippen molar-refractivity contribution < 1.29 is 9.50 Å². The van der Waals surface area contributed by atoms with Gasteiger partial charge in [-0.05, 0) is 93.8 Å². The van der Waals surface area contributed by atoms with Crippen LogP contribution in [0.3, 0.4) is 0 Å². The van der Waals surface area contributed by atoms with Gasteiger partial charge in [0, 0.05) is 16.2 Å². The summed E-state index contributed by atoms with van der Waals surface area (Å²) in [6, 6.07) is 12.7. The zero-order valence-electron chi connectivity index (χ0n) is 15.7. The fourth-order valence-corrected chi connectivity index (χ4v) is 4.17. The summed E-state index contributed by atoms with van der Waals surface area (Å²) in [5.74, 6) is 0.222. The number of benzene rings is 2. The molecule has 140 valence electrons. The number of aliphatic hydroxyl groups is 1. The molecule has 1 saturated carbocycles. The molecule has 2 aromatic carbocycles. The third-order valence-corrected chi connectivity index (χ3v) is 6.09. The van der Waals surface area contributed by atoms with Crippen LogP contribution in [-0.4, -0.2) is 10.6 Å². The van der Waals surface area contributed by atoms with Crippen LogP contribution in [0.2, 0.25) is 5.02 Å². The SMILES string of the molecule is Cc1cc(C2(O)CCC(C(C)(C)Nc3ccc(Cl)cc3)CC2)ccc1F. The average Bonchev–Trinajstić information content (AvgIpc) is 2.59. The zero-order valence-corrected chi connectivity index (χ0v) is 16.4. The Morgan fingerprint density at radius 2 is 1.73 bits per heavy atom. The van der Waals surface area contributed by atoms with E-state index in [9.17, 15) is 9.50 Å². The second kappa shape index (κ2) is 7.21. The molecular formula is C22H27ClFNO. The van der Waals surface area contributed by atoms with Crippen LogP contribution in [0.15, 0.2) is 42.5 Å². The maximum absolute atomic E-state index is 13.5. The molecule has 0 spiro atoms. The van der Waals surface area contributed by atoms with E-state index < -0.39 is 5.60 Å². The molecule has 0 bridgehead atoms. The van der Waals surface area contributed by atoms with Crippen molar-refractivity contribution in [2.24, 2.45) is 5.92 Å². The molecule has 1 aliphatic carbocycles. The predicted octanol–water partition coefficient (Wildman–Crippen LogP) is 6.06. The number of hydrogen-bond donors (Lipinski definition) is 2. The highest BCUT2D eigenvalue weighted by Crippen LogP contribution is 2.44. The molecule has 0 saturated heterocycles. The minimum absolute atomic E-state index is 0.0894. The van der Waals surface area contributed by atoms with Crippen LogP contribution in [0.5, 0.6) is 0 Å². The van der Waals surface area contributed by atoms with E-state index in [1.807, 2.05) is 24.3 Å². The first kappa shape index (κ1) is 19.2. The number of rotatable bonds is 4. The molecule has 2 nitrogen and oxygen atoms in total. The standard InChI is InChI=1S/C22H27ClFNO/c1-15-14-17(4-9-20(15)24)22(26)12-10-16(11-13-22)21(2,3)25-19-7-5-18(23)6-8-19/h4-9,14,16,25-26H,10-13H2,1-3H3. The van der Waals surface area contributed by atoms with Gasteiger partial charge < -0.3 is 10.4 Å².